The van der Waals surface area contributed by atoms with Gasteiger partial charge in [-0.1, -0.05) is 30.7 Å². The Balaban J connectivity index is 1.61. The predicted octanol–water partition coefficient (Wildman–Crippen LogP) is 4.49. The lowest BCUT2D eigenvalue weighted by Gasteiger charge is -2.37. The van der Waals surface area contributed by atoms with Gasteiger partial charge in [0.05, 0.1) is 6.04 Å². The van der Waals surface area contributed by atoms with E-state index in [2.05, 4.69) is 28.2 Å². The molecule has 0 saturated carbocycles. The number of ether oxygens (including phenoxy) is 1. The fourth-order valence-corrected chi connectivity index (χ4v) is 3.38. The molecule has 3 rings (SSSR count). The maximum absolute atomic E-state index is 10.5. The summed E-state index contributed by atoms with van der Waals surface area (Å²) in [5.74, 6) is 0.825. The van der Waals surface area contributed by atoms with Crippen molar-refractivity contribution < 1.29 is 14.6 Å². The maximum atomic E-state index is 10.5. The summed E-state index contributed by atoms with van der Waals surface area (Å²) in [5, 5.41) is 12.9. The van der Waals surface area contributed by atoms with E-state index in [9.17, 15) is 4.79 Å². The summed E-state index contributed by atoms with van der Waals surface area (Å²) in [6.07, 6.45) is 1.29. The highest BCUT2D eigenvalue weighted by Crippen LogP contribution is 2.26. The molecule has 27 heavy (non-hydrogen) atoms. The number of hydrogen-bond donors (Lipinski definition) is 2. The van der Waals surface area contributed by atoms with Gasteiger partial charge in [0, 0.05) is 30.9 Å². The van der Waals surface area contributed by atoms with Crippen molar-refractivity contribution in [3.8, 4) is 0 Å². The van der Waals surface area contributed by atoms with Crippen molar-refractivity contribution in [2.45, 2.75) is 39.0 Å². The van der Waals surface area contributed by atoms with E-state index >= 15 is 0 Å². The molecule has 1 saturated heterocycles. The molecule has 1 fully saturated rings. The van der Waals surface area contributed by atoms with Gasteiger partial charge in [-0.3, -0.25) is 4.90 Å². The third kappa shape index (κ3) is 5.11. The molecule has 1 aromatic heterocycles. The molecule has 0 bridgehead atoms. The number of likely N-dealkylation sites (tertiary alicyclic amines) is 1. The lowest BCUT2D eigenvalue weighted by atomic mass is 10.0. The summed E-state index contributed by atoms with van der Waals surface area (Å²) in [6, 6.07) is 10.3. The normalized spacial score (nSPS) is 15.8. The molecule has 0 aliphatic carbocycles. The Morgan fingerprint density at radius 1 is 1.41 bits per heavy atom. The summed E-state index contributed by atoms with van der Waals surface area (Å²) >= 11 is 6.14. The van der Waals surface area contributed by atoms with Crippen molar-refractivity contribution in [3.05, 3.63) is 58.2 Å². The Morgan fingerprint density at radius 2 is 2.19 bits per heavy atom. The molecule has 6 nitrogen and oxygen atoms in total. The van der Waals surface area contributed by atoms with Crippen molar-refractivity contribution in [2.24, 2.45) is 0 Å². The molecule has 2 heterocycles. The predicted molar refractivity (Wildman–Crippen MR) is 105 cm³/mol. The topological polar surface area (TPSA) is 74.7 Å². The van der Waals surface area contributed by atoms with E-state index in [0.29, 0.717) is 13.1 Å². The number of aryl methyl sites for hydroxylation is 1. The standard InChI is InChI=1S/C20H24ClN3O3/c1-3-18(15-4-5-17(21)13(2)8-15)23-19-9-14(6-7-22-19)10-24-11-16(12-24)27-20(25)26/h4-9,16,18H,3,10-12H2,1-2H3,(H,22,23)(H,25,26)/t18-/m1/s1. The van der Waals surface area contributed by atoms with E-state index in [4.69, 9.17) is 21.4 Å². The van der Waals surface area contributed by atoms with Crippen LogP contribution in [-0.2, 0) is 11.3 Å². The first-order valence-corrected chi connectivity index (χ1v) is 9.42. The van der Waals surface area contributed by atoms with Crippen molar-refractivity contribution in [2.75, 3.05) is 18.4 Å². The van der Waals surface area contributed by atoms with Crippen LogP contribution in [0.2, 0.25) is 5.02 Å². The number of hydrogen-bond acceptors (Lipinski definition) is 5. The maximum Gasteiger partial charge on any atom is 0.506 e. The Kier molecular flexibility index (Phi) is 6.19. The van der Waals surface area contributed by atoms with Crippen LogP contribution in [0.25, 0.3) is 0 Å². The number of nitrogens with zero attached hydrogens (tertiary/aromatic N) is 2. The van der Waals surface area contributed by atoms with Crippen LogP contribution in [0.15, 0.2) is 36.5 Å². The minimum atomic E-state index is -1.21. The van der Waals surface area contributed by atoms with Crippen LogP contribution in [0.5, 0.6) is 0 Å². The number of rotatable bonds is 7. The molecule has 2 aromatic rings. The minimum absolute atomic E-state index is 0.154. The number of halogens is 1. The van der Waals surface area contributed by atoms with Gasteiger partial charge in [0.1, 0.15) is 11.9 Å². The van der Waals surface area contributed by atoms with E-state index in [-0.39, 0.29) is 12.1 Å². The fourth-order valence-electron chi connectivity index (χ4n) is 3.26. The van der Waals surface area contributed by atoms with Gasteiger partial charge < -0.3 is 15.2 Å². The van der Waals surface area contributed by atoms with Gasteiger partial charge >= 0.3 is 6.16 Å². The second-order valence-electron chi connectivity index (χ2n) is 6.86. The molecule has 0 unspecified atom stereocenters. The number of aromatic nitrogens is 1. The number of carboxylic acid groups (broad SMARTS) is 1. The first kappa shape index (κ1) is 19.5. The molecule has 144 valence electrons. The van der Waals surface area contributed by atoms with E-state index in [1.165, 1.54) is 5.56 Å². The van der Waals surface area contributed by atoms with Crippen LogP contribution in [0.1, 0.15) is 36.1 Å². The Hall–Kier alpha value is -2.31. The van der Waals surface area contributed by atoms with Crippen LogP contribution < -0.4 is 5.32 Å². The van der Waals surface area contributed by atoms with Crippen molar-refractivity contribution in [3.63, 3.8) is 0 Å². The average Bonchev–Trinajstić information content (AvgIpc) is 2.60. The van der Waals surface area contributed by atoms with Gasteiger partial charge in [0.2, 0.25) is 0 Å². The van der Waals surface area contributed by atoms with Crippen molar-refractivity contribution in [1.82, 2.24) is 9.88 Å². The third-order valence-corrected chi connectivity index (χ3v) is 5.16. The summed E-state index contributed by atoms with van der Waals surface area (Å²) in [5.41, 5.74) is 3.37. The molecule has 1 aliphatic heterocycles. The number of nitrogens with one attached hydrogen (secondary N) is 1. The molecule has 1 aromatic carbocycles. The fraction of sp³-hybridized carbons (Fsp3) is 0.400. The molecule has 0 spiro atoms. The number of pyridine rings is 1. The SMILES string of the molecule is CC[C@@H](Nc1cc(CN2CC(OC(=O)O)C2)ccn1)c1ccc(Cl)c(C)c1. The van der Waals surface area contributed by atoms with E-state index in [1.807, 2.05) is 31.2 Å². The van der Waals surface area contributed by atoms with E-state index < -0.39 is 6.16 Å². The van der Waals surface area contributed by atoms with Crippen molar-refractivity contribution in [1.29, 1.82) is 0 Å². The average molecular weight is 390 g/mol. The lowest BCUT2D eigenvalue weighted by Crippen LogP contribution is -2.52. The van der Waals surface area contributed by atoms with Gasteiger partial charge in [-0.25, -0.2) is 9.78 Å². The van der Waals surface area contributed by atoms with Crippen LogP contribution in [0.3, 0.4) is 0 Å². The van der Waals surface area contributed by atoms with Crippen LogP contribution in [-0.4, -0.2) is 40.3 Å². The molecule has 0 radical (unpaired) electrons. The Labute approximate surface area is 164 Å². The second kappa shape index (κ2) is 8.59. The molecule has 2 N–H and O–H groups in total. The number of anilines is 1. The third-order valence-electron chi connectivity index (χ3n) is 4.74. The monoisotopic (exact) mass is 389 g/mol. The molecule has 1 atom stereocenters. The first-order valence-electron chi connectivity index (χ1n) is 9.04. The van der Waals surface area contributed by atoms with E-state index in [0.717, 1.165) is 34.9 Å². The summed E-state index contributed by atoms with van der Waals surface area (Å²) in [7, 11) is 0. The van der Waals surface area contributed by atoms with Crippen LogP contribution in [0, 0.1) is 6.92 Å². The minimum Gasteiger partial charge on any atom is -0.450 e. The highest BCUT2D eigenvalue weighted by molar-refractivity contribution is 6.31. The zero-order chi connectivity index (χ0) is 19.4. The van der Waals surface area contributed by atoms with Gasteiger partial charge in [-0.05, 0) is 48.2 Å². The van der Waals surface area contributed by atoms with Crippen molar-refractivity contribution >= 4 is 23.6 Å². The Bertz CT molecular complexity index is 809. The quantitative estimate of drug-likeness (QED) is 0.680. The molecule has 7 heteroatoms. The largest absolute Gasteiger partial charge is 0.506 e. The zero-order valence-corrected chi connectivity index (χ0v) is 16.2. The zero-order valence-electron chi connectivity index (χ0n) is 15.5. The van der Waals surface area contributed by atoms with Crippen LogP contribution in [0.4, 0.5) is 10.6 Å². The first-order chi connectivity index (χ1) is 12.9. The highest BCUT2D eigenvalue weighted by Gasteiger charge is 2.29. The van der Waals surface area contributed by atoms with Gasteiger partial charge in [-0.2, -0.15) is 0 Å². The summed E-state index contributed by atoms with van der Waals surface area (Å²) in [6.45, 7) is 6.13. The molecule has 1 aliphatic rings. The molecule has 0 amide bonds. The number of carbonyl (C=O) groups is 1. The van der Waals surface area contributed by atoms with Gasteiger partial charge in [-0.15, -0.1) is 0 Å². The smallest absolute Gasteiger partial charge is 0.450 e. The Morgan fingerprint density at radius 3 is 2.85 bits per heavy atom. The summed E-state index contributed by atoms with van der Waals surface area (Å²) < 4.78 is 4.75. The molecular weight excluding hydrogens is 366 g/mol. The van der Waals surface area contributed by atoms with Gasteiger partial charge in [0.25, 0.3) is 0 Å². The summed E-state index contributed by atoms with van der Waals surface area (Å²) in [4.78, 5) is 17.1. The second-order valence-corrected chi connectivity index (χ2v) is 7.27. The highest BCUT2D eigenvalue weighted by atomic mass is 35.5. The number of benzene rings is 1. The van der Waals surface area contributed by atoms with E-state index in [1.54, 1.807) is 6.20 Å². The van der Waals surface area contributed by atoms with Crippen LogP contribution >= 0.6 is 11.6 Å². The lowest BCUT2D eigenvalue weighted by molar-refractivity contribution is -0.0363. The van der Waals surface area contributed by atoms with Gasteiger partial charge in [0.15, 0.2) is 0 Å². The molecular formula is C20H24ClN3O3.